The van der Waals surface area contributed by atoms with Crippen molar-refractivity contribution in [2.24, 2.45) is 5.41 Å². The predicted molar refractivity (Wildman–Crippen MR) is 116 cm³/mol. The van der Waals surface area contributed by atoms with Gasteiger partial charge in [0.25, 0.3) is 11.4 Å². The molecule has 1 aliphatic heterocycles. The Morgan fingerprint density at radius 3 is 1.94 bits per heavy atom. The summed E-state index contributed by atoms with van der Waals surface area (Å²) < 4.78 is 0. The summed E-state index contributed by atoms with van der Waals surface area (Å²) in [5.41, 5.74) is 1.78. The lowest BCUT2D eigenvalue weighted by molar-refractivity contribution is -0.385. The molecule has 2 aliphatic rings. The maximum Gasteiger partial charge on any atom is 0.269 e. The Morgan fingerprint density at radius 1 is 0.875 bits per heavy atom. The van der Waals surface area contributed by atoms with Crippen LogP contribution < -0.4 is 4.90 Å². The average molecular weight is 435 g/mol. The molecule has 0 aromatic heterocycles. The number of nitro benzene ring substituents is 2. The van der Waals surface area contributed by atoms with Crippen molar-refractivity contribution in [1.82, 2.24) is 0 Å². The molecule has 0 spiro atoms. The van der Waals surface area contributed by atoms with Crippen molar-refractivity contribution in [3.8, 4) is 0 Å². The zero-order valence-corrected chi connectivity index (χ0v) is 17.6. The maximum absolute atomic E-state index is 13.3. The SMILES string of the molecule is CC1(C)CC(=O)C2=C(C1)N(c1ccc([N+](=O)[O-])cc1)C(=O)CC2c1ccc([N+](=O)[O-])cc1. The third-order valence-corrected chi connectivity index (χ3v) is 5.97. The number of carbonyl (C=O) groups excluding carboxylic acids is 2. The van der Waals surface area contributed by atoms with Gasteiger partial charge in [-0.1, -0.05) is 26.0 Å². The van der Waals surface area contributed by atoms with E-state index >= 15 is 0 Å². The van der Waals surface area contributed by atoms with E-state index < -0.39 is 15.8 Å². The van der Waals surface area contributed by atoms with Crippen molar-refractivity contribution < 1.29 is 19.4 Å². The molecule has 1 amide bonds. The van der Waals surface area contributed by atoms with Gasteiger partial charge in [0, 0.05) is 60.0 Å². The Labute approximate surface area is 183 Å². The minimum atomic E-state index is -0.510. The number of rotatable bonds is 4. The minimum absolute atomic E-state index is 0.0276. The molecule has 1 heterocycles. The molecule has 0 radical (unpaired) electrons. The molecule has 4 rings (SSSR count). The summed E-state index contributed by atoms with van der Waals surface area (Å²) in [6.07, 6.45) is 0.845. The van der Waals surface area contributed by atoms with Gasteiger partial charge in [-0.2, -0.15) is 0 Å². The molecule has 2 aromatic carbocycles. The molecule has 1 aliphatic carbocycles. The molecule has 9 nitrogen and oxygen atoms in total. The van der Waals surface area contributed by atoms with E-state index in [1.54, 1.807) is 12.1 Å². The van der Waals surface area contributed by atoms with Gasteiger partial charge in [-0.3, -0.25) is 34.7 Å². The van der Waals surface area contributed by atoms with Crippen LogP contribution in [0.4, 0.5) is 17.1 Å². The van der Waals surface area contributed by atoms with Gasteiger partial charge in [0.05, 0.1) is 9.85 Å². The summed E-state index contributed by atoms with van der Waals surface area (Å²) in [6, 6.07) is 11.6. The first-order valence-corrected chi connectivity index (χ1v) is 10.2. The van der Waals surface area contributed by atoms with Gasteiger partial charge in [0.2, 0.25) is 5.91 Å². The van der Waals surface area contributed by atoms with E-state index in [-0.39, 0.29) is 34.9 Å². The van der Waals surface area contributed by atoms with Crippen molar-refractivity contribution in [2.75, 3.05) is 4.90 Å². The second kappa shape index (κ2) is 7.67. The fourth-order valence-electron chi connectivity index (χ4n) is 4.55. The standard InChI is InChI=1S/C23H21N3O6/c1-23(2)12-19-22(20(27)13-23)18(14-3-5-16(6-4-14)25(29)30)11-21(28)24(19)15-7-9-17(10-8-15)26(31)32/h3-10,18H,11-13H2,1-2H3. The molecule has 164 valence electrons. The van der Waals surface area contributed by atoms with Gasteiger partial charge in [-0.15, -0.1) is 0 Å². The predicted octanol–water partition coefficient (Wildman–Crippen LogP) is 4.67. The summed E-state index contributed by atoms with van der Waals surface area (Å²) >= 11 is 0. The quantitative estimate of drug-likeness (QED) is 0.508. The number of allylic oxidation sites excluding steroid dienone is 2. The summed E-state index contributed by atoms with van der Waals surface area (Å²) in [4.78, 5) is 49.0. The lowest BCUT2D eigenvalue weighted by atomic mass is 9.69. The highest BCUT2D eigenvalue weighted by Gasteiger charge is 2.44. The van der Waals surface area contributed by atoms with E-state index in [0.717, 1.165) is 0 Å². The Balaban J connectivity index is 1.83. The number of ketones is 1. The van der Waals surface area contributed by atoms with Crippen molar-refractivity contribution in [3.05, 3.63) is 85.6 Å². The Kier molecular flexibility index (Phi) is 5.12. The van der Waals surface area contributed by atoms with Crippen LogP contribution in [0.3, 0.4) is 0 Å². The van der Waals surface area contributed by atoms with E-state index in [2.05, 4.69) is 0 Å². The molecule has 2 aromatic rings. The first-order valence-electron chi connectivity index (χ1n) is 10.2. The van der Waals surface area contributed by atoms with Crippen molar-refractivity contribution >= 4 is 28.8 Å². The highest BCUT2D eigenvalue weighted by atomic mass is 16.6. The molecule has 9 heteroatoms. The highest BCUT2D eigenvalue weighted by molar-refractivity contribution is 6.07. The number of nitrogens with zero attached hydrogens (tertiary/aromatic N) is 3. The Hall–Kier alpha value is -3.88. The first-order chi connectivity index (χ1) is 15.1. The summed E-state index contributed by atoms with van der Waals surface area (Å²) in [7, 11) is 0. The molecule has 0 N–H and O–H groups in total. The second-order valence-electron chi connectivity index (χ2n) is 8.91. The zero-order chi connectivity index (χ0) is 23.2. The normalized spacial score (nSPS) is 20.2. The number of non-ortho nitro benzene ring substituents is 2. The lowest BCUT2D eigenvalue weighted by Crippen LogP contribution is -2.43. The smallest absolute Gasteiger partial charge is 0.269 e. The van der Waals surface area contributed by atoms with E-state index in [1.165, 1.54) is 41.3 Å². The molecule has 1 unspecified atom stereocenters. The molecule has 0 saturated heterocycles. The summed E-state index contributed by atoms with van der Waals surface area (Å²) in [5, 5.41) is 22.0. The van der Waals surface area contributed by atoms with Crippen LogP contribution in [-0.2, 0) is 9.59 Å². The summed E-state index contributed by atoms with van der Waals surface area (Å²) in [6.45, 7) is 3.92. The van der Waals surface area contributed by atoms with Crippen LogP contribution in [0.2, 0.25) is 0 Å². The topological polar surface area (TPSA) is 124 Å². The van der Waals surface area contributed by atoms with E-state index in [0.29, 0.717) is 35.4 Å². The third-order valence-electron chi connectivity index (χ3n) is 5.97. The van der Waals surface area contributed by atoms with Crippen LogP contribution in [0.15, 0.2) is 59.8 Å². The van der Waals surface area contributed by atoms with E-state index in [4.69, 9.17) is 0 Å². The number of benzene rings is 2. The molecular weight excluding hydrogens is 414 g/mol. The van der Waals surface area contributed by atoms with E-state index in [9.17, 15) is 29.8 Å². The van der Waals surface area contributed by atoms with Gasteiger partial charge >= 0.3 is 0 Å². The molecule has 32 heavy (non-hydrogen) atoms. The molecule has 1 atom stereocenters. The Morgan fingerprint density at radius 2 is 1.41 bits per heavy atom. The van der Waals surface area contributed by atoms with Gasteiger partial charge in [0.15, 0.2) is 5.78 Å². The monoisotopic (exact) mass is 435 g/mol. The largest absolute Gasteiger partial charge is 0.294 e. The number of Topliss-reactive ketones (excluding diaryl/α,β-unsaturated/α-hetero) is 1. The first kappa shape index (κ1) is 21.4. The second-order valence-corrected chi connectivity index (χ2v) is 8.91. The van der Waals surface area contributed by atoms with Gasteiger partial charge < -0.3 is 0 Å². The van der Waals surface area contributed by atoms with Crippen molar-refractivity contribution in [3.63, 3.8) is 0 Å². The maximum atomic E-state index is 13.3. The Bertz CT molecular complexity index is 1170. The van der Waals surface area contributed by atoms with Crippen LogP contribution in [0.1, 0.15) is 44.6 Å². The number of anilines is 1. The van der Waals surface area contributed by atoms with Crippen molar-refractivity contribution in [2.45, 2.75) is 39.0 Å². The fourth-order valence-corrected chi connectivity index (χ4v) is 4.55. The van der Waals surface area contributed by atoms with Crippen LogP contribution in [0.5, 0.6) is 0 Å². The van der Waals surface area contributed by atoms with Gasteiger partial charge in [0.1, 0.15) is 0 Å². The van der Waals surface area contributed by atoms with Crippen LogP contribution in [-0.4, -0.2) is 21.5 Å². The number of carbonyl (C=O) groups is 2. The minimum Gasteiger partial charge on any atom is -0.294 e. The number of amides is 1. The lowest BCUT2D eigenvalue weighted by Gasteiger charge is -2.42. The molecule has 0 fully saturated rings. The van der Waals surface area contributed by atoms with Crippen molar-refractivity contribution in [1.29, 1.82) is 0 Å². The van der Waals surface area contributed by atoms with Crippen LogP contribution in [0.25, 0.3) is 0 Å². The fraction of sp³-hybridized carbons (Fsp3) is 0.304. The molecule has 0 bridgehead atoms. The van der Waals surface area contributed by atoms with Gasteiger partial charge in [-0.05, 0) is 29.5 Å². The average Bonchev–Trinajstić information content (AvgIpc) is 2.72. The number of hydrogen-bond donors (Lipinski definition) is 0. The number of hydrogen-bond acceptors (Lipinski definition) is 6. The molecular formula is C23H21N3O6. The highest BCUT2D eigenvalue weighted by Crippen LogP contribution is 2.48. The zero-order valence-electron chi connectivity index (χ0n) is 17.6. The van der Waals surface area contributed by atoms with Gasteiger partial charge in [-0.25, -0.2) is 0 Å². The van der Waals surface area contributed by atoms with Crippen LogP contribution >= 0.6 is 0 Å². The summed E-state index contributed by atoms with van der Waals surface area (Å²) in [5.74, 6) is -0.776. The van der Waals surface area contributed by atoms with Crippen LogP contribution in [0, 0.1) is 25.6 Å². The third kappa shape index (κ3) is 3.77. The number of nitro groups is 2. The molecule has 0 saturated carbocycles. The van der Waals surface area contributed by atoms with E-state index in [1.807, 2.05) is 13.8 Å².